The largest absolute Gasteiger partial charge is 0.496 e. The molecular weight excluding hydrogens is 886 g/mol. The molecule has 4 aliphatic rings. The number of nitrogens with one attached hydrogen (secondary N) is 3. The number of hydrogen-bond acceptors (Lipinski definition) is 11. The first-order valence-corrected chi connectivity index (χ1v) is 24.7. The number of rotatable bonds is 10. The smallest absolute Gasteiger partial charge is 0.303 e. The number of allylic oxidation sites excluding steroid dienone is 1. The number of halogens is 2. The van der Waals surface area contributed by atoms with Crippen LogP contribution >= 0.6 is 34.5 Å². The fourth-order valence-corrected chi connectivity index (χ4v) is 11.3. The van der Waals surface area contributed by atoms with E-state index in [9.17, 15) is 22.8 Å². The van der Waals surface area contributed by atoms with Crippen LogP contribution in [0.5, 0.6) is 11.5 Å². The summed E-state index contributed by atoms with van der Waals surface area (Å²) in [5, 5.41) is 10.5. The van der Waals surface area contributed by atoms with E-state index < -0.39 is 51.7 Å². The highest BCUT2D eigenvalue weighted by molar-refractivity contribution is 7.87. The third kappa shape index (κ3) is 9.51. The number of aromatic nitrogens is 2. The highest BCUT2D eigenvalue weighted by atomic mass is 35.5. The molecule has 3 amide bonds. The zero-order valence-electron chi connectivity index (χ0n) is 35.8. The van der Waals surface area contributed by atoms with Crippen molar-refractivity contribution >= 4 is 79.1 Å². The quantitative estimate of drug-likeness (QED) is 0.133. The van der Waals surface area contributed by atoms with E-state index in [1.165, 1.54) is 20.5 Å². The summed E-state index contributed by atoms with van der Waals surface area (Å²) in [6.45, 7) is 6.77. The van der Waals surface area contributed by atoms with Gasteiger partial charge in [-0.15, -0.1) is 11.3 Å². The second kappa shape index (κ2) is 18.6. The van der Waals surface area contributed by atoms with Crippen LogP contribution in [0, 0.1) is 12.8 Å². The third-order valence-electron chi connectivity index (χ3n) is 12.5. The van der Waals surface area contributed by atoms with E-state index in [0.29, 0.717) is 70.8 Å². The van der Waals surface area contributed by atoms with Gasteiger partial charge in [0.1, 0.15) is 45.9 Å². The molecular formula is C45H53Cl2N7O7S2. The molecule has 8 rings (SSSR count). The number of ether oxygens (including phenoxy) is 2. The minimum Gasteiger partial charge on any atom is -0.496 e. The van der Waals surface area contributed by atoms with E-state index in [2.05, 4.69) is 29.2 Å². The molecule has 1 aliphatic carbocycles. The van der Waals surface area contributed by atoms with Crippen molar-refractivity contribution in [2.24, 2.45) is 5.92 Å². The van der Waals surface area contributed by atoms with Gasteiger partial charge in [-0.2, -0.15) is 12.7 Å². The van der Waals surface area contributed by atoms with E-state index in [-0.39, 0.29) is 31.2 Å². The summed E-state index contributed by atoms with van der Waals surface area (Å²) in [4.78, 5) is 55.4. The van der Waals surface area contributed by atoms with E-state index in [0.717, 1.165) is 47.3 Å². The summed E-state index contributed by atoms with van der Waals surface area (Å²) in [7, 11) is -2.53. The van der Waals surface area contributed by atoms with Crippen LogP contribution in [0.2, 0.25) is 10.0 Å². The maximum absolute atomic E-state index is 15.0. The average Bonchev–Trinajstić information content (AvgIpc) is 3.76. The van der Waals surface area contributed by atoms with E-state index in [1.54, 1.807) is 25.3 Å². The summed E-state index contributed by atoms with van der Waals surface area (Å²) in [5.74, 6) is -0.755. The van der Waals surface area contributed by atoms with Gasteiger partial charge in [0.2, 0.25) is 11.8 Å². The Morgan fingerprint density at radius 2 is 1.81 bits per heavy atom. The molecule has 2 aromatic carbocycles. The van der Waals surface area contributed by atoms with Crippen molar-refractivity contribution in [3.8, 4) is 22.2 Å². The minimum atomic E-state index is -4.14. The van der Waals surface area contributed by atoms with Crippen molar-refractivity contribution < 1.29 is 32.3 Å². The van der Waals surface area contributed by atoms with Crippen molar-refractivity contribution in [2.45, 2.75) is 108 Å². The molecule has 0 radical (unpaired) electrons. The Labute approximate surface area is 382 Å². The number of nitrogens with zero attached hydrogens (tertiary/aromatic N) is 4. The highest BCUT2D eigenvalue weighted by Crippen LogP contribution is 2.46. The van der Waals surface area contributed by atoms with Gasteiger partial charge in [-0.1, -0.05) is 62.0 Å². The number of hydrogen-bond donors (Lipinski definition) is 3. The minimum absolute atomic E-state index is 0.0470. The lowest BCUT2D eigenvalue weighted by Crippen LogP contribution is -2.58. The standard InChI is InChI=1S/C45H53Cl2N7O7S2/c1-26(2)36-25-62-42(50-36)35-22-39(31-15-17-38(60-4)27(3)40(31)49-35)61-30-21-37-41(55)51-45(44(57)52-63(58,59)53-18-10-11-19-53)23-28(45)12-8-6-5-7-9-13-34(43(56)54(37)24-30)48-29-14-16-32(46)33(47)20-29/h8,12,14-17,20,22,25-26,28,30,34,37,48H,5-7,9-11,13,18-19,21,23-24H2,1-4H3,(H,51,55)(H,52,57)/b12-8-/t28-,30-,34+,37+,45-/m1/s1. The van der Waals surface area contributed by atoms with Crippen molar-refractivity contribution in [3.63, 3.8) is 0 Å². The van der Waals surface area contributed by atoms with Crippen molar-refractivity contribution in [3.05, 3.63) is 75.2 Å². The maximum atomic E-state index is 15.0. The SMILES string of the molecule is COc1ccc2c(O[C@@H]3C[C@H]4C(=O)N[C@]5(C(=O)NS(=O)(=O)N6CCCC6)C[C@H]5/C=C\CCCCC[C@H](Nc5ccc(Cl)c(Cl)c5)C(=O)N4C3)cc(-c3nc(C(C)C)cs3)nc2c1C. The Morgan fingerprint density at radius 1 is 1.02 bits per heavy atom. The molecule has 2 aromatic heterocycles. The second-order valence-corrected chi connectivity index (χ2v) is 20.6. The average molecular weight is 939 g/mol. The Hall–Kier alpha value is -4.48. The molecule has 18 heteroatoms. The number of amides is 3. The van der Waals surface area contributed by atoms with E-state index in [4.69, 9.17) is 42.6 Å². The monoisotopic (exact) mass is 937 g/mol. The zero-order chi connectivity index (χ0) is 44.6. The maximum Gasteiger partial charge on any atom is 0.303 e. The van der Waals surface area contributed by atoms with Gasteiger partial charge in [0.25, 0.3) is 5.91 Å². The number of aryl methyl sites for hydroxylation is 1. The van der Waals surface area contributed by atoms with Crippen LogP contribution in [0.15, 0.2) is 53.9 Å². The summed E-state index contributed by atoms with van der Waals surface area (Å²) in [6.07, 6.45) is 8.48. The summed E-state index contributed by atoms with van der Waals surface area (Å²) in [5.41, 5.74) is 2.11. The van der Waals surface area contributed by atoms with E-state index >= 15 is 0 Å². The molecule has 63 heavy (non-hydrogen) atoms. The van der Waals surface area contributed by atoms with Crippen molar-refractivity contribution in [2.75, 3.05) is 32.1 Å². The molecule has 0 bridgehead atoms. The predicted octanol–water partition coefficient (Wildman–Crippen LogP) is 7.79. The van der Waals surface area contributed by atoms with Crippen molar-refractivity contribution in [1.29, 1.82) is 0 Å². The van der Waals surface area contributed by atoms with Gasteiger partial charge in [0.05, 0.1) is 34.9 Å². The van der Waals surface area contributed by atoms with Crippen LogP contribution < -0.4 is 24.8 Å². The summed E-state index contributed by atoms with van der Waals surface area (Å²) in [6, 6.07) is 8.85. The van der Waals surface area contributed by atoms with Crippen LogP contribution in [0.4, 0.5) is 5.69 Å². The van der Waals surface area contributed by atoms with Crippen LogP contribution in [-0.2, 0) is 24.6 Å². The summed E-state index contributed by atoms with van der Waals surface area (Å²) >= 11 is 14.1. The number of pyridine rings is 1. The second-order valence-electron chi connectivity index (χ2n) is 17.2. The predicted molar refractivity (Wildman–Crippen MR) is 246 cm³/mol. The first-order chi connectivity index (χ1) is 30.2. The van der Waals surface area contributed by atoms with Gasteiger partial charge in [-0.25, -0.2) is 14.7 Å². The number of anilines is 1. The first-order valence-electron chi connectivity index (χ1n) is 21.6. The fourth-order valence-electron chi connectivity index (χ4n) is 8.81. The fraction of sp³-hybridized carbons (Fsp3) is 0.489. The normalized spacial score (nSPS) is 25.2. The number of carbonyl (C=O) groups excluding carboxylic acids is 3. The highest BCUT2D eigenvalue weighted by Gasteiger charge is 2.62. The first kappa shape index (κ1) is 45.1. The zero-order valence-corrected chi connectivity index (χ0v) is 38.9. The van der Waals surface area contributed by atoms with Crippen LogP contribution in [0.1, 0.15) is 88.8 Å². The van der Waals surface area contributed by atoms with Crippen LogP contribution in [-0.4, -0.2) is 95.8 Å². The lowest BCUT2D eigenvalue weighted by molar-refractivity contribution is -0.140. The molecule has 0 unspecified atom stereocenters. The van der Waals surface area contributed by atoms with Gasteiger partial charge in [0, 0.05) is 53.5 Å². The van der Waals surface area contributed by atoms with Gasteiger partial charge in [-0.3, -0.25) is 14.4 Å². The van der Waals surface area contributed by atoms with Gasteiger partial charge < -0.3 is 25.0 Å². The molecule has 5 atom stereocenters. The number of carbonyl (C=O) groups is 3. The Bertz CT molecular complexity index is 2550. The Balaban J connectivity index is 1.15. The molecule has 0 spiro atoms. The Morgan fingerprint density at radius 3 is 2.54 bits per heavy atom. The lowest BCUT2D eigenvalue weighted by Gasteiger charge is -2.30. The van der Waals surface area contributed by atoms with Gasteiger partial charge in [-0.05, 0) is 81.7 Å². The molecule has 3 N–H and O–H groups in total. The van der Waals surface area contributed by atoms with E-state index in [1.807, 2.05) is 42.7 Å². The number of fused-ring (bicyclic) bond motifs is 3. The molecule has 5 heterocycles. The molecule has 14 nitrogen and oxygen atoms in total. The van der Waals surface area contributed by atoms with Gasteiger partial charge >= 0.3 is 10.2 Å². The molecule has 1 saturated carbocycles. The number of benzene rings is 2. The van der Waals surface area contributed by atoms with Crippen LogP contribution in [0.3, 0.4) is 0 Å². The van der Waals surface area contributed by atoms with Crippen molar-refractivity contribution in [1.82, 2.24) is 29.2 Å². The Kier molecular flexibility index (Phi) is 13.3. The molecule has 4 aromatic rings. The molecule has 3 fully saturated rings. The lowest BCUT2D eigenvalue weighted by atomic mass is 10.0. The topological polar surface area (TPSA) is 172 Å². The van der Waals surface area contributed by atoms with Crippen LogP contribution in [0.25, 0.3) is 21.6 Å². The molecule has 2 saturated heterocycles. The number of methoxy groups -OCH3 is 1. The van der Waals surface area contributed by atoms with Gasteiger partial charge in [0.15, 0.2) is 0 Å². The molecule has 3 aliphatic heterocycles. The summed E-state index contributed by atoms with van der Waals surface area (Å²) < 4.78 is 42.8. The number of thiazole rings is 1. The molecule has 336 valence electrons. The third-order valence-corrected chi connectivity index (χ3v) is 15.6.